The Bertz CT molecular complexity index is 715. The maximum absolute atomic E-state index is 11.4. The topological polar surface area (TPSA) is 120 Å². The summed E-state index contributed by atoms with van der Waals surface area (Å²) < 4.78 is 28.2. The highest BCUT2D eigenvalue weighted by Crippen LogP contribution is 2.09. The molecule has 0 aliphatic rings. The lowest BCUT2D eigenvalue weighted by atomic mass is 10.4. The summed E-state index contributed by atoms with van der Waals surface area (Å²) in [7, 11) is -3.69. The second-order valence-electron chi connectivity index (χ2n) is 3.28. The summed E-state index contributed by atoms with van der Waals surface area (Å²) in [5.74, 6) is -0.0903. The van der Waals surface area contributed by atoms with Crippen molar-refractivity contribution in [2.24, 2.45) is 0 Å². The molecule has 0 unspecified atom stereocenters. The van der Waals surface area contributed by atoms with E-state index in [4.69, 9.17) is 10.0 Å². The number of hydrogen-bond donors (Lipinski definition) is 2. The SMILES string of the molecule is CCS(=O)(=O)On1cnc2c(=O)[nH]c(N)cc21. The predicted octanol–water partition coefficient (Wildman–Crippen LogP) is -0.915. The zero-order valence-corrected chi connectivity index (χ0v) is 9.69. The lowest BCUT2D eigenvalue weighted by molar-refractivity contribution is 0.291. The molecule has 8 nitrogen and oxygen atoms in total. The molecule has 0 aliphatic heterocycles. The highest BCUT2D eigenvalue weighted by Gasteiger charge is 2.14. The van der Waals surface area contributed by atoms with Crippen molar-refractivity contribution < 1.29 is 12.7 Å². The molecule has 92 valence electrons. The normalized spacial score (nSPS) is 11.8. The fourth-order valence-electron chi connectivity index (χ4n) is 1.26. The number of anilines is 1. The highest BCUT2D eigenvalue weighted by atomic mass is 32.2. The minimum atomic E-state index is -3.69. The molecule has 17 heavy (non-hydrogen) atoms. The van der Waals surface area contributed by atoms with Crippen LogP contribution in [0.3, 0.4) is 0 Å². The number of hydrogen-bond acceptors (Lipinski definition) is 6. The molecule has 0 amide bonds. The third-order valence-electron chi connectivity index (χ3n) is 2.08. The molecule has 2 aromatic rings. The van der Waals surface area contributed by atoms with Crippen molar-refractivity contribution in [1.29, 1.82) is 0 Å². The maximum Gasteiger partial charge on any atom is 0.326 e. The van der Waals surface area contributed by atoms with E-state index in [0.717, 1.165) is 11.1 Å². The minimum absolute atomic E-state index is 0.0607. The monoisotopic (exact) mass is 258 g/mol. The van der Waals surface area contributed by atoms with Gasteiger partial charge in [0.1, 0.15) is 17.7 Å². The molecule has 0 bridgehead atoms. The van der Waals surface area contributed by atoms with E-state index < -0.39 is 15.7 Å². The molecule has 0 radical (unpaired) electrons. The summed E-state index contributed by atoms with van der Waals surface area (Å²) >= 11 is 0. The number of nitrogen functional groups attached to an aromatic ring is 1. The summed E-state index contributed by atoms with van der Waals surface area (Å²) in [5.41, 5.74) is 5.20. The number of nitrogens with one attached hydrogen (secondary N) is 1. The molecule has 3 N–H and O–H groups in total. The molecular formula is C8H10N4O4S. The summed E-state index contributed by atoms with van der Waals surface area (Å²) in [4.78, 5) is 17.5. The van der Waals surface area contributed by atoms with Crippen LogP contribution < -0.4 is 15.6 Å². The van der Waals surface area contributed by atoms with Gasteiger partial charge in [-0.25, -0.2) is 4.98 Å². The molecule has 0 atom stereocenters. The average Bonchev–Trinajstić information content (AvgIpc) is 2.61. The van der Waals surface area contributed by atoms with Crippen LogP contribution in [0.4, 0.5) is 5.82 Å². The van der Waals surface area contributed by atoms with Crippen molar-refractivity contribution in [3.63, 3.8) is 0 Å². The quantitative estimate of drug-likeness (QED) is 0.735. The number of nitrogens with zero attached hydrogens (tertiary/aromatic N) is 2. The van der Waals surface area contributed by atoms with Crippen LogP contribution >= 0.6 is 0 Å². The lowest BCUT2D eigenvalue weighted by Gasteiger charge is -2.05. The van der Waals surface area contributed by atoms with E-state index in [1.807, 2.05) is 0 Å². The zero-order chi connectivity index (χ0) is 12.6. The molecule has 0 aliphatic carbocycles. The smallest absolute Gasteiger partial charge is 0.326 e. The number of rotatable bonds is 3. The van der Waals surface area contributed by atoms with Gasteiger partial charge < -0.3 is 10.7 Å². The first-order valence-electron chi connectivity index (χ1n) is 4.71. The molecule has 2 heterocycles. The van der Waals surface area contributed by atoms with E-state index in [1.165, 1.54) is 13.0 Å². The minimum Gasteiger partial charge on any atom is -0.385 e. The van der Waals surface area contributed by atoms with Gasteiger partial charge in [-0.05, 0) is 6.92 Å². The number of nitrogens with two attached hydrogens (primary N) is 1. The van der Waals surface area contributed by atoms with Gasteiger partial charge in [-0.2, -0.15) is 13.1 Å². The number of aromatic nitrogens is 3. The van der Waals surface area contributed by atoms with E-state index in [-0.39, 0.29) is 22.6 Å². The molecule has 0 fully saturated rings. The summed E-state index contributed by atoms with van der Waals surface area (Å²) in [6.07, 6.45) is 1.10. The summed E-state index contributed by atoms with van der Waals surface area (Å²) in [6, 6.07) is 1.37. The van der Waals surface area contributed by atoms with Crippen LogP contribution in [-0.4, -0.2) is 28.9 Å². The van der Waals surface area contributed by atoms with Crippen molar-refractivity contribution in [3.05, 3.63) is 22.7 Å². The van der Waals surface area contributed by atoms with Gasteiger partial charge in [-0.15, -0.1) is 0 Å². The van der Waals surface area contributed by atoms with Gasteiger partial charge in [-0.1, -0.05) is 0 Å². The largest absolute Gasteiger partial charge is 0.385 e. The van der Waals surface area contributed by atoms with Crippen molar-refractivity contribution in [3.8, 4) is 0 Å². The highest BCUT2D eigenvalue weighted by molar-refractivity contribution is 7.86. The van der Waals surface area contributed by atoms with Crippen molar-refractivity contribution in [2.45, 2.75) is 6.92 Å². The Kier molecular flexibility index (Phi) is 2.54. The molecule has 9 heteroatoms. The first kappa shape index (κ1) is 11.5. The Morgan fingerprint density at radius 1 is 1.59 bits per heavy atom. The van der Waals surface area contributed by atoms with Gasteiger partial charge in [-0.3, -0.25) is 9.08 Å². The molecule has 0 spiro atoms. The van der Waals surface area contributed by atoms with Crippen LogP contribution in [0.25, 0.3) is 11.0 Å². The van der Waals surface area contributed by atoms with Gasteiger partial charge in [0.25, 0.3) is 5.56 Å². The molecule has 2 rings (SSSR count). The Morgan fingerprint density at radius 2 is 2.29 bits per heavy atom. The molecule has 2 aromatic heterocycles. The number of imidazole rings is 1. The van der Waals surface area contributed by atoms with Crippen LogP contribution in [0, 0.1) is 0 Å². The Hall–Kier alpha value is -2.03. The van der Waals surface area contributed by atoms with Gasteiger partial charge in [0.05, 0.1) is 5.75 Å². The van der Waals surface area contributed by atoms with E-state index in [1.54, 1.807) is 0 Å². The predicted molar refractivity (Wildman–Crippen MR) is 60.8 cm³/mol. The molecular weight excluding hydrogens is 248 g/mol. The first-order chi connectivity index (χ1) is 7.93. The van der Waals surface area contributed by atoms with Crippen LogP contribution in [0.2, 0.25) is 0 Å². The Morgan fingerprint density at radius 3 is 2.94 bits per heavy atom. The second kappa shape index (κ2) is 3.77. The fraction of sp³-hybridized carbons (Fsp3) is 0.250. The number of aromatic amines is 1. The molecule has 0 saturated carbocycles. The van der Waals surface area contributed by atoms with Crippen molar-refractivity contribution in [1.82, 2.24) is 14.7 Å². The third-order valence-corrected chi connectivity index (χ3v) is 3.18. The first-order valence-corrected chi connectivity index (χ1v) is 6.29. The van der Waals surface area contributed by atoms with E-state index >= 15 is 0 Å². The Labute approximate surface area is 96.1 Å². The van der Waals surface area contributed by atoms with Crippen LogP contribution in [0.1, 0.15) is 6.92 Å². The lowest BCUT2D eigenvalue weighted by Crippen LogP contribution is -2.21. The number of fused-ring (bicyclic) bond motifs is 1. The van der Waals surface area contributed by atoms with Crippen LogP contribution in [-0.2, 0) is 10.1 Å². The van der Waals surface area contributed by atoms with Gasteiger partial charge in [0, 0.05) is 6.07 Å². The number of H-pyrrole nitrogens is 1. The Balaban J connectivity index is 2.61. The maximum atomic E-state index is 11.4. The standard InChI is InChI=1S/C8H10N4O4S/c1-2-17(14,15)16-12-4-10-7-5(12)3-6(9)11-8(7)13/h3-4H,2H2,1H3,(H3,9,11,13). The second-order valence-corrected chi connectivity index (χ2v) is 5.12. The summed E-state index contributed by atoms with van der Waals surface area (Å²) in [6.45, 7) is 1.44. The van der Waals surface area contributed by atoms with Gasteiger partial charge in [0.15, 0.2) is 5.52 Å². The van der Waals surface area contributed by atoms with Crippen LogP contribution in [0.15, 0.2) is 17.2 Å². The zero-order valence-electron chi connectivity index (χ0n) is 8.87. The van der Waals surface area contributed by atoms with Gasteiger partial charge in [0.2, 0.25) is 0 Å². The number of pyridine rings is 1. The van der Waals surface area contributed by atoms with Crippen molar-refractivity contribution >= 4 is 27.0 Å². The van der Waals surface area contributed by atoms with Gasteiger partial charge >= 0.3 is 10.1 Å². The van der Waals surface area contributed by atoms with Crippen LogP contribution in [0.5, 0.6) is 0 Å². The fourth-order valence-corrected chi connectivity index (χ4v) is 1.73. The molecule has 0 aromatic carbocycles. The average molecular weight is 258 g/mol. The molecule has 0 saturated heterocycles. The van der Waals surface area contributed by atoms with E-state index in [9.17, 15) is 13.2 Å². The van der Waals surface area contributed by atoms with E-state index in [0.29, 0.717) is 0 Å². The third kappa shape index (κ3) is 2.09. The van der Waals surface area contributed by atoms with Crippen molar-refractivity contribution in [2.75, 3.05) is 11.5 Å². The summed E-state index contributed by atoms with van der Waals surface area (Å²) in [5, 5.41) is 0. The van der Waals surface area contributed by atoms with E-state index in [2.05, 4.69) is 9.97 Å².